The zero-order valence-electron chi connectivity index (χ0n) is 14.3. The quantitative estimate of drug-likeness (QED) is 0.504. The van der Waals surface area contributed by atoms with Gasteiger partial charge in [0, 0.05) is 43.3 Å². The lowest BCUT2D eigenvalue weighted by atomic mass is 10.0. The molecule has 0 bridgehead atoms. The van der Waals surface area contributed by atoms with Crippen LogP contribution in [0.25, 0.3) is 21.8 Å². The molecule has 26 heavy (non-hydrogen) atoms. The minimum Gasteiger partial charge on any atom is -0.294 e. The van der Waals surface area contributed by atoms with Crippen LogP contribution in [0.2, 0.25) is 5.02 Å². The third kappa shape index (κ3) is 2.94. The van der Waals surface area contributed by atoms with Gasteiger partial charge in [-0.15, -0.1) is 0 Å². The molecule has 5 rings (SSSR count). The molecule has 0 saturated heterocycles. The van der Waals surface area contributed by atoms with Crippen LogP contribution in [0.15, 0.2) is 60.8 Å². The second kappa shape index (κ2) is 6.35. The molecule has 0 radical (unpaired) electrons. The Morgan fingerprint density at radius 2 is 1.85 bits per heavy atom. The Hall–Kier alpha value is -2.49. The number of rotatable bonds is 2. The number of pyridine rings is 2. The van der Waals surface area contributed by atoms with Crippen LogP contribution in [0.4, 0.5) is 0 Å². The lowest BCUT2D eigenvalue weighted by Crippen LogP contribution is -2.30. The van der Waals surface area contributed by atoms with E-state index in [0.29, 0.717) is 5.02 Å². The second-order valence-corrected chi connectivity index (χ2v) is 7.37. The van der Waals surface area contributed by atoms with Crippen molar-refractivity contribution in [3.05, 3.63) is 82.6 Å². The molecule has 0 spiro atoms. The summed E-state index contributed by atoms with van der Waals surface area (Å²) in [5.74, 6) is 0. The van der Waals surface area contributed by atoms with Crippen molar-refractivity contribution < 1.29 is 0 Å². The van der Waals surface area contributed by atoms with Crippen LogP contribution in [-0.4, -0.2) is 21.4 Å². The van der Waals surface area contributed by atoms with Gasteiger partial charge in [-0.2, -0.15) is 0 Å². The molecule has 0 N–H and O–H groups in total. The zero-order valence-corrected chi connectivity index (χ0v) is 15.1. The van der Waals surface area contributed by atoms with Gasteiger partial charge in [0.1, 0.15) is 0 Å². The maximum Gasteiger partial charge on any atom is 0.159 e. The standard InChI is InChI=1S/C22H18ClN3/c23-20-11-18-10-19-14-26(8-7-21(19)25-22(18)24-12-20)13-15-5-6-16-3-1-2-4-17(16)9-15/h1-6,9-12H,7-8,13-14H2. The molecule has 0 fully saturated rings. The summed E-state index contributed by atoms with van der Waals surface area (Å²) in [5.41, 5.74) is 4.59. The van der Waals surface area contributed by atoms with Crippen LogP contribution in [-0.2, 0) is 19.5 Å². The maximum atomic E-state index is 6.08. The highest BCUT2D eigenvalue weighted by Crippen LogP contribution is 2.25. The zero-order chi connectivity index (χ0) is 17.5. The number of fused-ring (bicyclic) bond motifs is 3. The number of nitrogens with zero attached hydrogens (tertiary/aromatic N) is 3. The Morgan fingerprint density at radius 3 is 2.77 bits per heavy atom. The van der Waals surface area contributed by atoms with Crippen molar-refractivity contribution in [2.24, 2.45) is 0 Å². The Labute approximate surface area is 157 Å². The van der Waals surface area contributed by atoms with Gasteiger partial charge in [-0.3, -0.25) is 4.90 Å². The highest BCUT2D eigenvalue weighted by molar-refractivity contribution is 6.31. The Bertz CT molecular complexity index is 1120. The predicted octanol–water partition coefficient (Wildman–Crippen LogP) is 4.99. The van der Waals surface area contributed by atoms with Crippen molar-refractivity contribution in [1.29, 1.82) is 0 Å². The SMILES string of the molecule is Clc1cnc2nc3c(cc2c1)CN(Cc1ccc2ccccc2c1)CC3. The van der Waals surface area contributed by atoms with E-state index < -0.39 is 0 Å². The van der Waals surface area contributed by atoms with Crippen LogP contribution in [0.1, 0.15) is 16.8 Å². The number of benzene rings is 2. The number of hydrogen-bond donors (Lipinski definition) is 0. The van der Waals surface area contributed by atoms with E-state index in [0.717, 1.165) is 37.1 Å². The topological polar surface area (TPSA) is 29.0 Å². The van der Waals surface area contributed by atoms with Gasteiger partial charge in [0.05, 0.1) is 5.02 Å². The third-order valence-electron chi connectivity index (χ3n) is 5.08. The Kier molecular flexibility index (Phi) is 3.84. The van der Waals surface area contributed by atoms with Crippen molar-refractivity contribution in [3.8, 4) is 0 Å². The number of hydrogen-bond acceptors (Lipinski definition) is 3. The predicted molar refractivity (Wildman–Crippen MR) is 106 cm³/mol. The van der Waals surface area contributed by atoms with Gasteiger partial charge in [0.15, 0.2) is 5.65 Å². The molecule has 2 aromatic heterocycles. The minimum absolute atomic E-state index is 0.656. The van der Waals surface area contributed by atoms with Gasteiger partial charge in [-0.25, -0.2) is 9.97 Å². The number of halogens is 1. The molecule has 0 unspecified atom stereocenters. The van der Waals surface area contributed by atoms with Crippen molar-refractivity contribution in [2.75, 3.05) is 6.54 Å². The Balaban J connectivity index is 1.42. The van der Waals surface area contributed by atoms with E-state index in [-0.39, 0.29) is 0 Å². The molecule has 0 atom stereocenters. The van der Waals surface area contributed by atoms with Crippen molar-refractivity contribution >= 4 is 33.4 Å². The summed E-state index contributed by atoms with van der Waals surface area (Å²) >= 11 is 6.08. The summed E-state index contributed by atoms with van der Waals surface area (Å²) in [6.07, 6.45) is 2.63. The molecule has 4 heteroatoms. The molecule has 4 aromatic rings. The molecule has 2 aromatic carbocycles. The highest BCUT2D eigenvalue weighted by atomic mass is 35.5. The van der Waals surface area contributed by atoms with Crippen LogP contribution >= 0.6 is 11.6 Å². The van der Waals surface area contributed by atoms with Crippen molar-refractivity contribution in [3.63, 3.8) is 0 Å². The first kappa shape index (κ1) is 15.7. The highest BCUT2D eigenvalue weighted by Gasteiger charge is 2.18. The molecule has 128 valence electrons. The normalized spacial score (nSPS) is 14.7. The second-order valence-electron chi connectivity index (χ2n) is 6.94. The van der Waals surface area contributed by atoms with Crippen LogP contribution in [0.5, 0.6) is 0 Å². The maximum absolute atomic E-state index is 6.08. The molecule has 1 aliphatic rings. The largest absolute Gasteiger partial charge is 0.294 e. The van der Waals surface area contributed by atoms with Crippen LogP contribution in [0, 0.1) is 0 Å². The van der Waals surface area contributed by atoms with E-state index in [2.05, 4.69) is 58.4 Å². The molecule has 0 amide bonds. The van der Waals surface area contributed by atoms with E-state index in [9.17, 15) is 0 Å². The lowest BCUT2D eigenvalue weighted by molar-refractivity contribution is 0.244. The first-order valence-electron chi connectivity index (χ1n) is 8.89. The fraction of sp³-hybridized carbons (Fsp3) is 0.182. The summed E-state index contributed by atoms with van der Waals surface area (Å²) in [6.45, 7) is 2.89. The fourth-order valence-electron chi connectivity index (χ4n) is 3.79. The Morgan fingerprint density at radius 1 is 0.962 bits per heavy atom. The average Bonchev–Trinajstić information content (AvgIpc) is 2.66. The van der Waals surface area contributed by atoms with E-state index in [4.69, 9.17) is 16.6 Å². The molecule has 1 aliphatic heterocycles. The summed E-state index contributed by atoms with van der Waals surface area (Å²) < 4.78 is 0. The van der Waals surface area contributed by atoms with E-state index >= 15 is 0 Å². The van der Waals surface area contributed by atoms with E-state index in [1.165, 1.54) is 27.6 Å². The van der Waals surface area contributed by atoms with Crippen LogP contribution in [0.3, 0.4) is 0 Å². The average molecular weight is 360 g/mol. The molecule has 3 heterocycles. The summed E-state index contributed by atoms with van der Waals surface area (Å²) in [6, 6.07) is 19.4. The fourth-order valence-corrected chi connectivity index (χ4v) is 3.95. The molecular weight excluding hydrogens is 342 g/mol. The first-order valence-corrected chi connectivity index (χ1v) is 9.26. The molecule has 3 nitrogen and oxygen atoms in total. The van der Waals surface area contributed by atoms with Crippen molar-refractivity contribution in [1.82, 2.24) is 14.9 Å². The summed E-state index contributed by atoms with van der Waals surface area (Å²) in [5, 5.41) is 4.27. The monoisotopic (exact) mass is 359 g/mol. The van der Waals surface area contributed by atoms with Crippen molar-refractivity contribution in [2.45, 2.75) is 19.5 Å². The van der Waals surface area contributed by atoms with Gasteiger partial charge >= 0.3 is 0 Å². The summed E-state index contributed by atoms with van der Waals surface area (Å²) in [4.78, 5) is 11.6. The van der Waals surface area contributed by atoms with Gasteiger partial charge in [-0.1, -0.05) is 48.0 Å². The first-order chi connectivity index (χ1) is 12.7. The smallest absolute Gasteiger partial charge is 0.159 e. The lowest BCUT2D eigenvalue weighted by Gasteiger charge is -2.28. The van der Waals surface area contributed by atoms with Gasteiger partial charge in [-0.05, 0) is 40.1 Å². The molecule has 0 saturated carbocycles. The van der Waals surface area contributed by atoms with E-state index in [1.807, 2.05) is 6.07 Å². The van der Waals surface area contributed by atoms with E-state index in [1.54, 1.807) is 6.20 Å². The van der Waals surface area contributed by atoms with Gasteiger partial charge in [0.25, 0.3) is 0 Å². The third-order valence-corrected chi connectivity index (χ3v) is 5.29. The molecular formula is C22H18ClN3. The minimum atomic E-state index is 0.656. The molecule has 0 aliphatic carbocycles. The summed E-state index contributed by atoms with van der Waals surface area (Å²) in [7, 11) is 0. The van der Waals surface area contributed by atoms with Gasteiger partial charge in [0.2, 0.25) is 0 Å². The number of aromatic nitrogens is 2. The van der Waals surface area contributed by atoms with Crippen LogP contribution < -0.4 is 0 Å². The van der Waals surface area contributed by atoms with Gasteiger partial charge < -0.3 is 0 Å².